The van der Waals surface area contributed by atoms with Gasteiger partial charge in [0, 0.05) is 11.0 Å². The summed E-state index contributed by atoms with van der Waals surface area (Å²) in [5.74, 6) is 0. The largest absolute Gasteiger partial charge is 0.465 e. The van der Waals surface area contributed by atoms with E-state index in [2.05, 4.69) is 45.5 Å². The van der Waals surface area contributed by atoms with E-state index in [0.717, 1.165) is 23.7 Å². The zero-order valence-electron chi connectivity index (χ0n) is 9.58. The molecule has 0 heterocycles. The van der Waals surface area contributed by atoms with Gasteiger partial charge in [0.1, 0.15) is 0 Å². The Morgan fingerprint density at radius 3 is 2.47 bits per heavy atom. The van der Waals surface area contributed by atoms with Crippen LogP contribution in [0.15, 0.2) is 28.7 Å². The van der Waals surface area contributed by atoms with Crippen molar-refractivity contribution < 1.29 is 9.90 Å². The first-order chi connectivity index (χ1) is 8.12. The molecule has 0 atom stereocenters. The molecule has 1 aliphatic rings. The molecular formula is C13H16BrNO2. The third-order valence-electron chi connectivity index (χ3n) is 3.65. The van der Waals surface area contributed by atoms with Gasteiger partial charge in [-0.1, -0.05) is 34.5 Å². The summed E-state index contributed by atoms with van der Waals surface area (Å²) in [5.41, 5.74) is 1.53. The molecule has 0 radical (unpaired) electrons. The number of amides is 1. The highest BCUT2D eigenvalue weighted by atomic mass is 79.9. The van der Waals surface area contributed by atoms with Crippen LogP contribution in [0.25, 0.3) is 0 Å². The Morgan fingerprint density at radius 1 is 1.35 bits per heavy atom. The number of benzene rings is 1. The second-order valence-electron chi connectivity index (χ2n) is 4.62. The van der Waals surface area contributed by atoms with Crippen molar-refractivity contribution in [1.82, 2.24) is 5.32 Å². The van der Waals surface area contributed by atoms with Crippen molar-refractivity contribution in [3.05, 3.63) is 34.3 Å². The Bertz CT molecular complexity index is 398. The predicted molar refractivity (Wildman–Crippen MR) is 70.3 cm³/mol. The zero-order chi connectivity index (χ0) is 12.3. The van der Waals surface area contributed by atoms with Gasteiger partial charge >= 0.3 is 6.09 Å². The summed E-state index contributed by atoms with van der Waals surface area (Å²) in [6, 6.07) is 8.40. The normalized spacial score (nSPS) is 17.2. The summed E-state index contributed by atoms with van der Waals surface area (Å²) in [6.07, 6.45) is 3.52. The molecule has 0 aliphatic heterocycles. The summed E-state index contributed by atoms with van der Waals surface area (Å²) in [6.45, 7) is 0.533. The van der Waals surface area contributed by atoms with Crippen LogP contribution in [-0.4, -0.2) is 17.7 Å². The van der Waals surface area contributed by atoms with Crippen molar-refractivity contribution >= 4 is 22.0 Å². The molecule has 1 aromatic rings. The first kappa shape index (κ1) is 12.4. The quantitative estimate of drug-likeness (QED) is 0.893. The first-order valence-electron chi connectivity index (χ1n) is 5.85. The van der Waals surface area contributed by atoms with Gasteiger partial charge in [0.05, 0.1) is 0 Å². The van der Waals surface area contributed by atoms with Crippen LogP contribution in [0.2, 0.25) is 0 Å². The van der Waals surface area contributed by atoms with Gasteiger partial charge in [0.15, 0.2) is 0 Å². The van der Waals surface area contributed by atoms with Crippen molar-refractivity contribution in [2.75, 3.05) is 6.54 Å². The minimum Gasteiger partial charge on any atom is -0.465 e. The summed E-state index contributed by atoms with van der Waals surface area (Å²) in [4.78, 5) is 10.5. The van der Waals surface area contributed by atoms with E-state index in [-0.39, 0.29) is 5.41 Å². The number of hydrogen-bond donors (Lipinski definition) is 2. The van der Waals surface area contributed by atoms with Gasteiger partial charge in [0.25, 0.3) is 0 Å². The Labute approximate surface area is 109 Å². The standard InChI is InChI=1S/C13H16BrNO2/c14-11-4-2-10(3-5-11)13(6-1-7-13)8-9-15-12(16)17/h2-5,15H,1,6-9H2,(H,16,17). The monoisotopic (exact) mass is 297 g/mol. The van der Waals surface area contributed by atoms with Crippen LogP contribution in [-0.2, 0) is 5.41 Å². The third kappa shape index (κ3) is 2.80. The number of hydrogen-bond acceptors (Lipinski definition) is 1. The Kier molecular flexibility index (Phi) is 3.72. The minimum absolute atomic E-state index is 0.198. The van der Waals surface area contributed by atoms with Gasteiger partial charge in [-0.2, -0.15) is 0 Å². The smallest absolute Gasteiger partial charge is 0.404 e. The van der Waals surface area contributed by atoms with E-state index in [1.54, 1.807) is 0 Å². The molecule has 17 heavy (non-hydrogen) atoms. The molecule has 1 amide bonds. The Balaban J connectivity index is 2.03. The van der Waals surface area contributed by atoms with Crippen molar-refractivity contribution in [3.8, 4) is 0 Å². The van der Waals surface area contributed by atoms with Crippen LogP contribution in [0, 0.1) is 0 Å². The highest BCUT2D eigenvalue weighted by Gasteiger charge is 2.37. The van der Waals surface area contributed by atoms with E-state index in [9.17, 15) is 4.79 Å². The van der Waals surface area contributed by atoms with Crippen molar-refractivity contribution in [3.63, 3.8) is 0 Å². The minimum atomic E-state index is -0.935. The maximum atomic E-state index is 10.5. The third-order valence-corrected chi connectivity index (χ3v) is 4.18. The fourth-order valence-electron chi connectivity index (χ4n) is 2.50. The molecule has 92 valence electrons. The maximum absolute atomic E-state index is 10.5. The molecule has 0 aromatic heterocycles. The highest BCUT2D eigenvalue weighted by molar-refractivity contribution is 9.10. The van der Waals surface area contributed by atoms with E-state index in [1.807, 2.05) is 0 Å². The van der Waals surface area contributed by atoms with Crippen molar-refractivity contribution in [2.45, 2.75) is 31.1 Å². The lowest BCUT2D eigenvalue weighted by atomic mass is 9.62. The van der Waals surface area contributed by atoms with Crippen LogP contribution in [0.5, 0.6) is 0 Å². The van der Waals surface area contributed by atoms with Crippen LogP contribution in [0.1, 0.15) is 31.2 Å². The van der Waals surface area contributed by atoms with Crippen LogP contribution in [0.3, 0.4) is 0 Å². The fourth-order valence-corrected chi connectivity index (χ4v) is 2.76. The van der Waals surface area contributed by atoms with Crippen LogP contribution < -0.4 is 5.32 Å². The maximum Gasteiger partial charge on any atom is 0.404 e. The van der Waals surface area contributed by atoms with Crippen LogP contribution >= 0.6 is 15.9 Å². The second-order valence-corrected chi connectivity index (χ2v) is 5.54. The molecule has 2 N–H and O–H groups in total. The van der Waals surface area contributed by atoms with Crippen LogP contribution in [0.4, 0.5) is 4.79 Å². The van der Waals surface area contributed by atoms with Crippen molar-refractivity contribution in [1.29, 1.82) is 0 Å². The highest BCUT2D eigenvalue weighted by Crippen LogP contribution is 2.46. The lowest BCUT2D eigenvalue weighted by Gasteiger charge is -2.42. The number of halogens is 1. The number of rotatable bonds is 4. The summed E-state index contributed by atoms with van der Waals surface area (Å²) >= 11 is 3.43. The fraction of sp³-hybridized carbons (Fsp3) is 0.462. The lowest BCUT2D eigenvalue weighted by Crippen LogP contribution is -2.38. The zero-order valence-corrected chi connectivity index (χ0v) is 11.2. The molecule has 0 spiro atoms. The summed E-state index contributed by atoms with van der Waals surface area (Å²) < 4.78 is 1.08. The molecule has 0 unspecified atom stereocenters. The van der Waals surface area contributed by atoms with E-state index >= 15 is 0 Å². The molecule has 1 aromatic carbocycles. The summed E-state index contributed by atoms with van der Waals surface area (Å²) in [7, 11) is 0. The number of nitrogens with one attached hydrogen (secondary N) is 1. The lowest BCUT2D eigenvalue weighted by molar-refractivity contribution is 0.186. The number of carbonyl (C=O) groups is 1. The Hall–Kier alpha value is -1.03. The molecule has 0 saturated heterocycles. The molecule has 0 bridgehead atoms. The molecule has 1 saturated carbocycles. The van der Waals surface area contributed by atoms with Gasteiger partial charge < -0.3 is 10.4 Å². The van der Waals surface area contributed by atoms with E-state index in [0.29, 0.717) is 6.54 Å². The SMILES string of the molecule is O=C(O)NCCC1(c2ccc(Br)cc2)CCC1. The molecule has 4 heteroatoms. The number of carboxylic acid groups (broad SMARTS) is 1. The molecule has 1 aliphatic carbocycles. The van der Waals surface area contributed by atoms with E-state index in [4.69, 9.17) is 5.11 Å². The second kappa shape index (κ2) is 5.08. The van der Waals surface area contributed by atoms with Gasteiger partial charge in [0.2, 0.25) is 0 Å². The molecule has 3 nitrogen and oxygen atoms in total. The van der Waals surface area contributed by atoms with Gasteiger partial charge in [-0.3, -0.25) is 0 Å². The average molecular weight is 298 g/mol. The topological polar surface area (TPSA) is 49.3 Å². The first-order valence-corrected chi connectivity index (χ1v) is 6.65. The molecule has 2 rings (SSSR count). The van der Waals surface area contributed by atoms with Crippen molar-refractivity contribution in [2.24, 2.45) is 0 Å². The van der Waals surface area contributed by atoms with E-state index < -0.39 is 6.09 Å². The van der Waals surface area contributed by atoms with Gasteiger partial charge in [-0.15, -0.1) is 0 Å². The van der Waals surface area contributed by atoms with Gasteiger partial charge in [-0.25, -0.2) is 4.79 Å². The molecular weight excluding hydrogens is 282 g/mol. The average Bonchev–Trinajstić information content (AvgIpc) is 2.23. The van der Waals surface area contributed by atoms with Gasteiger partial charge in [-0.05, 0) is 42.4 Å². The van der Waals surface area contributed by atoms with E-state index in [1.165, 1.54) is 12.0 Å². The predicted octanol–water partition coefficient (Wildman–Crippen LogP) is 3.53. The summed E-state index contributed by atoms with van der Waals surface area (Å²) in [5, 5.41) is 11.0. The molecule has 1 fully saturated rings. The Morgan fingerprint density at radius 2 is 2.00 bits per heavy atom.